The Balaban J connectivity index is 1.91. The molecule has 1 saturated heterocycles. The van der Waals surface area contributed by atoms with E-state index >= 15 is 0 Å². The third kappa shape index (κ3) is 3.22. The van der Waals surface area contributed by atoms with Crippen LogP contribution < -0.4 is 0 Å². The molecule has 3 rings (SSSR count). The highest BCUT2D eigenvalue weighted by Crippen LogP contribution is 2.33. The predicted molar refractivity (Wildman–Crippen MR) is 90.3 cm³/mol. The fraction of sp³-hybridized carbons (Fsp3) is 0.444. The zero-order valence-corrected chi connectivity index (χ0v) is 14.0. The number of amides is 1. The molecule has 126 valence electrons. The number of nitrogens with zero attached hydrogens (tertiary/aromatic N) is 2. The molecule has 6 nitrogen and oxygen atoms in total. The van der Waals surface area contributed by atoms with Crippen LogP contribution in [-0.2, 0) is 4.74 Å². The van der Waals surface area contributed by atoms with Gasteiger partial charge in [0.15, 0.2) is 0 Å². The van der Waals surface area contributed by atoms with E-state index in [0.717, 1.165) is 16.6 Å². The number of rotatable bonds is 1. The highest BCUT2D eigenvalue weighted by Gasteiger charge is 2.39. The molecule has 1 aromatic heterocycles. The molecule has 2 aromatic rings. The molecule has 1 aromatic carbocycles. The third-order valence-electron chi connectivity index (χ3n) is 3.89. The van der Waals surface area contributed by atoms with Gasteiger partial charge < -0.3 is 14.8 Å². The van der Waals surface area contributed by atoms with Crippen molar-refractivity contribution in [2.75, 3.05) is 6.54 Å². The van der Waals surface area contributed by atoms with Crippen molar-refractivity contribution in [3.8, 4) is 12.3 Å². The van der Waals surface area contributed by atoms with E-state index in [4.69, 9.17) is 11.2 Å². The monoisotopic (exact) mass is 327 g/mol. The second-order valence-electron chi connectivity index (χ2n) is 7.04. The van der Waals surface area contributed by atoms with Gasteiger partial charge in [0.1, 0.15) is 11.4 Å². The van der Waals surface area contributed by atoms with Crippen LogP contribution in [0.4, 0.5) is 4.79 Å². The smallest absolute Gasteiger partial charge is 0.411 e. The summed E-state index contributed by atoms with van der Waals surface area (Å²) in [6.07, 6.45) is 4.79. The molecule has 1 amide bonds. The van der Waals surface area contributed by atoms with Crippen molar-refractivity contribution in [3.05, 3.63) is 29.6 Å². The van der Waals surface area contributed by atoms with Crippen molar-refractivity contribution in [2.24, 2.45) is 0 Å². The Bertz CT molecular complexity index is 813. The first-order valence-corrected chi connectivity index (χ1v) is 7.91. The van der Waals surface area contributed by atoms with E-state index < -0.39 is 17.8 Å². The van der Waals surface area contributed by atoms with E-state index in [1.807, 2.05) is 39.0 Å². The zero-order valence-electron chi connectivity index (χ0n) is 14.0. The first kappa shape index (κ1) is 16.3. The lowest BCUT2D eigenvalue weighted by atomic mass is 10.2. The summed E-state index contributed by atoms with van der Waals surface area (Å²) in [6, 6.07) is 5.15. The molecule has 0 radical (unpaired) electrons. The summed E-state index contributed by atoms with van der Waals surface area (Å²) in [5.74, 6) is 3.21. The number of likely N-dealkylation sites (tertiary alicyclic amines) is 1. The number of aromatic amines is 1. The number of carbonyl (C=O) groups excluding carboxylic acids is 1. The van der Waals surface area contributed by atoms with Crippen LogP contribution in [0.2, 0.25) is 0 Å². The highest BCUT2D eigenvalue weighted by molar-refractivity contribution is 5.77. The van der Waals surface area contributed by atoms with E-state index in [2.05, 4.69) is 15.9 Å². The van der Waals surface area contributed by atoms with Crippen LogP contribution in [0.3, 0.4) is 0 Å². The van der Waals surface area contributed by atoms with Crippen LogP contribution in [0.5, 0.6) is 0 Å². The van der Waals surface area contributed by atoms with Gasteiger partial charge in [0.2, 0.25) is 0 Å². The molecule has 1 aliphatic heterocycles. The lowest BCUT2D eigenvalue weighted by Crippen LogP contribution is -2.37. The van der Waals surface area contributed by atoms with Gasteiger partial charge in [-0.05, 0) is 39.0 Å². The maximum Gasteiger partial charge on any atom is 0.411 e. The van der Waals surface area contributed by atoms with Crippen LogP contribution in [0.15, 0.2) is 18.2 Å². The molecular weight excluding hydrogens is 306 g/mol. The number of aliphatic hydroxyl groups excluding tert-OH is 1. The first-order chi connectivity index (χ1) is 11.3. The van der Waals surface area contributed by atoms with E-state index in [0.29, 0.717) is 12.2 Å². The number of β-amino-alcohol motifs (C(OH)–C–C–N with tert-alkyl or cyclic N) is 1. The predicted octanol–water partition coefficient (Wildman–Crippen LogP) is 2.59. The van der Waals surface area contributed by atoms with Gasteiger partial charge in [-0.15, -0.1) is 6.42 Å². The maximum atomic E-state index is 12.4. The van der Waals surface area contributed by atoms with Gasteiger partial charge in [-0.2, -0.15) is 0 Å². The van der Waals surface area contributed by atoms with Crippen LogP contribution in [0, 0.1) is 12.3 Å². The van der Waals surface area contributed by atoms with E-state index in [9.17, 15) is 9.90 Å². The first-order valence-electron chi connectivity index (χ1n) is 7.91. The fourth-order valence-corrected chi connectivity index (χ4v) is 2.87. The number of aliphatic hydroxyl groups is 1. The molecule has 6 heteroatoms. The van der Waals surface area contributed by atoms with Crippen molar-refractivity contribution in [3.63, 3.8) is 0 Å². The van der Waals surface area contributed by atoms with Crippen molar-refractivity contribution in [2.45, 2.75) is 44.9 Å². The highest BCUT2D eigenvalue weighted by atomic mass is 16.6. The Morgan fingerprint density at radius 2 is 2.25 bits per heavy atom. The van der Waals surface area contributed by atoms with Crippen molar-refractivity contribution in [1.82, 2.24) is 14.9 Å². The van der Waals surface area contributed by atoms with Gasteiger partial charge in [0.25, 0.3) is 0 Å². The lowest BCUT2D eigenvalue weighted by molar-refractivity contribution is 0.0201. The van der Waals surface area contributed by atoms with Gasteiger partial charge >= 0.3 is 6.09 Å². The third-order valence-corrected chi connectivity index (χ3v) is 3.89. The molecule has 24 heavy (non-hydrogen) atoms. The summed E-state index contributed by atoms with van der Waals surface area (Å²) < 4.78 is 5.44. The SMILES string of the molecule is C#Cc1ccc2nc([C@@H]3CC(O)CN3C(=O)OC(C)(C)C)[nH]c2c1. The van der Waals surface area contributed by atoms with E-state index in [-0.39, 0.29) is 12.6 Å². The number of carbonyl (C=O) groups is 1. The molecular formula is C18H21N3O3. The van der Waals surface area contributed by atoms with Crippen molar-refractivity contribution in [1.29, 1.82) is 0 Å². The standard InChI is InChI=1S/C18H21N3O3/c1-5-11-6-7-13-14(8-11)20-16(19-13)15-9-12(22)10-21(15)17(23)24-18(2,3)4/h1,6-8,12,15,22H,9-10H2,2-4H3,(H,19,20)/t12?,15-/m0/s1. The van der Waals surface area contributed by atoms with Gasteiger partial charge in [0, 0.05) is 12.0 Å². The van der Waals surface area contributed by atoms with Crippen molar-refractivity contribution < 1.29 is 14.6 Å². The summed E-state index contributed by atoms with van der Waals surface area (Å²) in [4.78, 5) is 21.7. The molecule has 1 fully saturated rings. The van der Waals surface area contributed by atoms with E-state index in [1.54, 1.807) is 0 Å². The molecule has 2 atom stereocenters. The second kappa shape index (κ2) is 5.84. The minimum Gasteiger partial charge on any atom is -0.444 e. The van der Waals surface area contributed by atoms with Crippen LogP contribution in [0.1, 0.15) is 44.6 Å². The topological polar surface area (TPSA) is 78.5 Å². The molecule has 1 aliphatic rings. The lowest BCUT2D eigenvalue weighted by Gasteiger charge is -2.27. The number of benzene rings is 1. The summed E-state index contributed by atoms with van der Waals surface area (Å²) in [5, 5.41) is 10.0. The average Bonchev–Trinajstić information content (AvgIpc) is 3.07. The van der Waals surface area contributed by atoms with Crippen LogP contribution >= 0.6 is 0 Å². The average molecular weight is 327 g/mol. The summed E-state index contributed by atoms with van der Waals surface area (Å²) in [5.41, 5.74) is 1.75. The minimum absolute atomic E-state index is 0.228. The van der Waals surface area contributed by atoms with Gasteiger partial charge in [-0.3, -0.25) is 4.90 Å². The number of hydrogen-bond donors (Lipinski definition) is 2. The molecule has 2 N–H and O–H groups in total. The molecule has 1 unspecified atom stereocenters. The summed E-state index contributed by atoms with van der Waals surface area (Å²) in [7, 11) is 0. The normalized spacial score (nSPS) is 21.0. The Hall–Kier alpha value is -2.52. The minimum atomic E-state index is -0.600. The Morgan fingerprint density at radius 1 is 1.50 bits per heavy atom. The Labute approximate surface area is 140 Å². The molecule has 0 aliphatic carbocycles. The molecule has 0 bridgehead atoms. The Morgan fingerprint density at radius 3 is 2.92 bits per heavy atom. The summed E-state index contributed by atoms with van der Waals surface area (Å²) in [6.45, 7) is 5.67. The van der Waals surface area contributed by atoms with Crippen LogP contribution in [0.25, 0.3) is 11.0 Å². The zero-order chi connectivity index (χ0) is 17.5. The quantitative estimate of drug-likeness (QED) is 0.789. The van der Waals surface area contributed by atoms with Crippen molar-refractivity contribution >= 4 is 17.1 Å². The second-order valence-corrected chi connectivity index (χ2v) is 7.04. The summed E-state index contributed by atoms with van der Waals surface area (Å²) >= 11 is 0. The van der Waals surface area contributed by atoms with Crippen LogP contribution in [-0.4, -0.2) is 44.3 Å². The largest absolute Gasteiger partial charge is 0.444 e. The number of terminal acetylenes is 1. The molecule has 2 heterocycles. The maximum absolute atomic E-state index is 12.4. The van der Waals surface area contributed by atoms with Gasteiger partial charge in [-0.25, -0.2) is 9.78 Å². The number of fused-ring (bicyclic) bond motifs is 1. The Kier molecular flexibility index (Phi) is 3.98. The van der Waals surface area contributed by atoms with Gasteiger partial charge in [-0.1, -0.05) is 5.92 Å². The molecule has 0 saturated carbocycles. The fourth-order valence-electron chi connectivity index (χ4n) is 2.87. The molecule has 0 spiro atoms. The number of ether oxygens (including phenoxy) is 1. The number of H-pyrrole nitrogens is 1. The number of nitrogens with one attached hydrogen (secondary N) is 1. The van der Waals surface area contributed by atoms with E-state index in [1.165, 1.54) is 4.90 Å². The number of hydrogen-bond acceptors (Lipinski definition) is 4. The number of aromatic nitrogens is 2. The van der Waals surface area contributed by atoms with Gasteiger partial charge in [0.05, 0.1) is 29.7 Å². The number of imidazole rings is 1.